The van der Waals surface area contributed by atoms with Crippen LogP contribution in [0.3, 0.4) is 0 Å². The predicted molar refractivity (Wildman–Crippen MR) is 120 cm³/mol. The lowest BCUT2D eigenvalue weighted by molar-refractivity contribution is -0.0458. The lowest BCUT2D eigenvalue weighted by Gasteiger charge is -2.41. The van der Waals surface area contributed by atoms with Gasteiger partial charge >= 0.3 is 5.97 Å². The molecule has 0 aliphatic carbocycles. The molecular weight excluding hydrogens is 392 g/mol. The first-order valence-electron chi connectivity index (χ1n) is 10.4. The number of aromatic carboxylic acids is 1. The summed E-state index contributed by atoms with van der Waals surface area (Å²) >= 11 is 0. The highest BCUT2D eigenvalue weighted by atomic mass is 16.5. The number of ether oxygens (including phenoxy) is 1. The first-order valence-corrected chi connectivity index (χ1v) is 10.4. The van der Waals surface area contributed by atoms with Crippen molar-refractivity contribution in [2.75, 3.05) is 6.54 Å². The van der Waals surface area contributed by atoms with Crippen molar-refractivity contribution in [3.05, 3.63) is 70.9 Å². The Labute approximate surface area is 181 Å². The van der Waals surface area contributed by atoms with Gasteiger partial charge in [0, 0.05) is 23.7 Å². The molecule has 2 aromatic carbocycles. The van der Waals surface area contributed by atoms with Crippen LogP contribution in [0.2, 0.25) is 0 Å². The van der Waals surface area contributed by atoms with Crippen molar-refractivity contribution in [2.24, 2.45) is 4.99 Å². The average molecular weight is 418 g/mol. The van der Waals surface area contributed by atoms with Gasteiger partial charge in [0.2, 0.25) is 0 Å². The van der Waals surface area contributed by atoms with Crippen molar-refractivity contribution in [2.45, 2.75) is 44.8 Å². The molecule has 1 aromatic heterocycles. The second kappa shape index (κ2) is 8.12. The van der Waals surface area contributed by atoms with E-state index in [4.69, 9.17) is 4.74 Å². The maximum absolute atomic E-state index is 11.4. The van der Waals surface area contributed by atoms with Crippen molar-refractivity contribution in [3.63, 3.8) is 0 Å². The fourth-order valence-corrected chi connectivity index (χ4v) is 4.03. The molecule has 3 aromatic rings. The third-order valence-electron chi connectivity index (χ3n) is 5.79. The quantitative estimate of drug-likeness (QED) is 0.607. The van der Waals surface area contributed by atoms with Crippen LogP contribution in [-0.2, 0) is 6.42 Å². The third-order valence-corrected chi connectivity index (χ3v) is 5.79. The Kier molecular flexibility index (Phi) is 5.50. The molecule has 1 unspecified atom stereocenters. The minimum Gasteiger partial charge on any atom is -0.485 e. The second-order valence-electron chi connectivity index (χ2n) is 8.50. The van der Waals surface area contributed by atoms with Gasteiger partial charge in [0.25, 0.3) is 0 Å². The summed E-state index contributed by atoms with van der Waals surface area (Å²) in [6.45, 7) is 6.18. The summed E-state index contributed by atoms with van der Waals surface area (Å²) in [4.78, 5) is 20.3. The summed E-state index contributed by atoms with van der Waals surface area (Å²) in [5.41, 5.74) is 2.55. The van der Waals surface area contributed by atoms with Crippen LogP contribution in [0.4, 0.5) is 0 Å². The van der Waals surface area contributed by atoms with E-state index in [0.29, 0.717) is 17.8 Å². The molecule has 1 aliphatic heterocycles. The normalized spacial score (nSPS) is 19.9. The van der Waals surface area contributed by atoms with Gasteiger partial charge in [-0.25, -0.2) is 9.78 Å². The number of hydrogen-bond acceptors (Lipinski definition) is 5. The van der Waals surface area contributed by atoms with Gasteiger partial charge in [-0.3, -0.25) is 4.99 Å². The van der Waals surface area contributed by atoms with E-state index in [1.165, 1.54) is 5.56 Å². The highest BCUT2D eigenvalue weighted by Gasteiger charge is 2.42. The van der Waals surface area contributed by atoms with Gasteiger partial charge in [0.05, 0.1) is 11.4 Å². The fraction of sp³-hybridized carbons (Fsp3) is 0.320. The number of carboxylic acids is 1. The van der Waals surface area contributed by atoms with Gasteiger partial charge in [0.15, 0.2) is 0 Å². The highest BCUT2D eigenvalue weighted by molar-refractivity contribution is 5.93. The predicted octanol–water partition coefficient (Wildman–Crippen LogP) is 4.17. The molecule has 0 fully saturated rings. The molecule has 0 radical (unpaired) electrons. The van der Waals surface area contributed by atoms with Crippen molar-refractivity contribution in [3.8, 4) is 5.75 Å². The monoisotopic (exact) mass is 418 g/mol. The lowest BCUT2D eigenvalue weighted by Crippen LogP contribution is -2.49. The van der Waals surface area contributed by atoms with Gasteiger partial charge in [-0.15, -0.1) is 0 Å². The van der Waals surface area contributed by atoms with Crippen LogP contribution in [-0.4, -0.2) is 45.6 Å². The number of aromatic nitrogens is 1. The molecule has 2 N–H and O–H groups in total. The molecule has 6 heteroatoms. The van der Waals surface area contributed by atoms with E-state index in [1.54, 1.807) is 12.3 Å². The molecule has 0 saturated carbocycles. The second-order valence-corrected chi connectivity index (χ2v) is 8.50. The van der Waals surface area contributed by atoms with Gasteiger partial charge in [-0.05, 0) is 56.5 Å². The molecule has 0 bridgehead atoms. The van der Waals surface area contributed by atoms with E-state index in [2.05, 4.69) is 22.1 Å². The zero-order valence-corrected chi connectivity index (χ0v) is 17.9. The van der Waals surface area contributed by atoms with Crippen LogP contribution in [0.15, 0.2) is 53.5 Å². The Hall–Kier alpha value is -3.25. The average Bonchev–Trinajstić information content (AvgIpc) is 2.73. The summed E-state index contributed by atoms with van der Waals surface area (Å²) < 4.78 is 6.12. The maximum atomic E-state index is 11.4. The number of rotatable bonds is 5. The van der Waals surface area contributed by atoms with E-state index < -0.39 is 17.7 Å². The number of aliphatic hydroxyl groups is 1. The number of carboxylic acid groups (broad SMARTS) is 1. The Bertz CT molecular complexity index is 1160. The number of fused-ring (bicyclic) bond motifs is 2. The molecule has 0 spiro atoms. The smallest absolute Gasteiger partial charge is 0.354 e. The van der Waals surface area contributed by atoms with Crippen LogP contribution in [0.5, 0.6) is 5.75 Å². The Morgan fingerprint density at radius 2 is 1.97 bits per heavy atom. The zero-order valence-electron chi connectivity index (χ0n) is 17.9. The zero-order chi connectivity index (χ0) is 22.2. The molecular formula is C25H26N2O4. The third kappa shape index (κ3) is 4.16. The van der Waals surface area contributed by atoms with Crippen LogP contribution in [0, 0.1) is 6.92 Å². The number of benzene rings is 2. The van der Waals surface area contributed by atoms with Crippen molar-refractivity contribution in [1.29, 1.82) is 0 Å². The summed E-state index contributed by atoms with van der Waals surface area (Å²) in [5.74, 6) is -0.788. The molecule has 0 saturated heterocycles. The highest BCUT2D eigenvalue weighted by Crippen LogP contribution is 2.42. The summed E-state index contributed by atoms with van der Waals surface area (Å²) in [6, 6.07) is 15.4. The first kappa shape index (κ1) is 21.0. The standard InChI is InChI=1S/C25H26N2O4/c1-15-11-21(24(29)30)27-20-12-18-19(14-26-10-9-16-7-5-4-6-8-16)23(28)25(2,3)31-22(18)13-17(15)20/h4-8,11-14,19,23,28H,9-10H2,1-3H3,(H,29,30)/t19?,23-/m1/s1. The Balaban J connectivity index is 1.71. The summed E-state index contributed by atoms with van der Waals surface area (Å²) in [6.07, 6.45) is 1.80. The first-order chi connectivity index (χ1) is 14.8. The number of pyridine rings is 1. The summed E-state index contributed by atoms with van der Waals surface area (Å²) in [7, 11) is 0. The van der Waals surface area contributed by atoms with Gasteiger partial charge in [-0.2, -0.15) is 0 Å². The largest absolute Gasteiger partial charge is 0.485 e. The molecule has 160 valence electrons. The van der Waals surface area contributed by atoms with Gasteiger partial charge < -0.3 is 14.9 Å². The Morgan fingerprint density at radius 3 is 2.68 bits per heavy atom. The van der Waals surface area contributed by atoms with E-state index in [9.17, 15) is 15.0 Å². The Morgan fingerprint density at radius 1 is 1.23 bits per heavy atom. The van der Waals surface area contributed by atoms with Crippen LogP contribution in [0.25, 0.3) is 10.9 Å². The van der Waals surface area contributed by atoms with Crippen LogP contribution < -0.4 is 4.74 Å². The minimum absolute atomic E-state index is 0.00404. The van der Waals surface area contributed by atoms with E-state index >= 15 is 0 Å². The number of nitrogens with zero attached hydrogens (tertiary/aromatic N) is 2. The van der Waals surface area contributed by atoms with Gasteiger partial charge in [0.1, 0.15) is 23.1 Å². The van der Waals surface area contributed by atoms with Crippen molar-refractivity contribution < 1.29 is 19.7 Å². The van der Waals surface area contributed by atoms with E-state index in [-0.39, 0.29) is 11.6 Å². The van der Waals surface area contributed by atoms with Crippen molar-refractivity contribution in [1.82, 2.24) is 4.98 Å². The number of aliphatic hydroxyl groups excluding tert-OH is 1. The minimum atomic E-state index is -1.07. The van der Waals surface area contributed by atoms with Crippen molar-refractivity contribution >= 4 is 23.1 Å². The number of aliphatic imine (C=N–C) groups is 1. The lowest BCUT2D eigenvalue weighted by atomic mass is 9.81. The topological polar surface area (TPSA) is 92.0 Å². The molecule has 6 nitrogen and oxygen atoms in total. The number of hydrogen-bond donors (Lipinski definition) is 2. The van der Waals surface area contributed by atoms with Gasteiger partial charge in [-0.1, -0.05) is 30.3 Å². The van der Waals surface area contributed by atoms with E-state index in [1.807, 2.05) is 51.1 Å². The number of carbonyl (C=O) groups is 1. The molecule has 0 amide bonds. The van der Waals surface area contributed by atoms with Crippen LogP contribution >= 0.6 is 0 Å². The molecule has 1 aliphatic rings. The maximum Gasteiger partial charge on any atom is 0.354 e. The SMILES string of the molecule is Cc1cc(C(=O)O)nc2cc3c(cc12)OC(C)(C)[C@H](O)C3C=NCCc1ccccc1. The fourth-order valence-electron chi connectivity index (χ4n) is 4.03. The summed E-state index contributed by atoms with van der Waals surface area (Å²) in [5, 5.41) is 21.2. The van der Waals surface area contributed by atoms with Crippen LogP contribution in [0.1, 0.15) is 46.9 Å². The van der Waals surface area contributed by atoms with E-state index in [0.717, 1.165) is 22.9 Å². The number of aryl methyl sites for hydroxylation is 1. The molecule has 31 heavy (non-hydrogen) atoms. The molecule has 2 atom stereocenters. The molecule has 4 rings (SSSR count). The molecule has 2 heterocycles.